The summed E-state index contributed by atoms with van der Waals surface area (Å²) in [5.74, 6) is -1.33. The van der Waals surface area contributed by atoms with Crippen LogP contribution in [0.2, 0.25) is 0 Å². The summed E-state index contributed by atoms with van der Waals surface area (Å²) < 4.78 is 13.9. The van der Waals surface area contributed by atoms with Crippen molar-refractivity contribution in [1.29, 1.82) is 5.26 Å². The first kappa shape index (κ1) is 13.7. The number of imide groups is 1. The predicted molar refractivity (Wildman–Crippen MR) is 72.1 cm³/mol. The minimum absolute atomic E-state index is 0.0395. The summed E-state index contributed by atoms with van der Waals surface area (Å²) >= 11 is 0. The van der Waals surface area contributed by atoms with Gasteiger partial charge >= 0.3 is 0 Å². The van der Waals surface area contributed by atoms with E-state index in [-0.39, 0.29) is 41.3 Å². The fraction of sp³-hybridized carbons (Fsp3) is 0.438. The highest BCUT2D eigenvalue weighted by molar-refractivity contribution is 6.05. The summed E-state index contributed by atoms with van der Waals surface area (Å²) in [6.45, 7) is -0.0395. The van der Waals surface area contributed by atoms with Gasteiger partial charge in [-0.15, -0.1) is 0 Å². The van der Waals surface area contributed by atoms with Gasteiger partial charge in [-0.3, -0.25) is 14.5 Å². The normalized spacial score (nSPS) is 24.9. The highest BCUT2D eigenvalue weighted by Gasteiger charge is 2.48. The number of hydrogen-bond donors (Lipinski definition) is 0. The monoisotopic (exact) mass is 286 g/mol. The van der Waals surface area contributed by atoms with Gasteiger partial charge in [0.1, 0.15) is 5.82 Å². The summed E-state index contributed by atoms with van der Waals surface area (Å²) in [6, 6.07) is 5.96. The molecule has 3 rings (SSSR count). The minimum atomic E-state index is -0.551. The van der Waals surface area contributed by atoms with Crippen molar-refractivity contribution in [2.24, 2.45) is 11.8 Å². The third-order valence-electron chi connectivity index (χ3n) is 4.44. The fourth-order valence-electron chi connectivity index (χ4n) is 3.30. The molecule has 2 fully saturated rings. The maximum atomic E-state index is 13.9. The van der Waals surface area contributed by atoms with Gasteiger partial charge in [0.15, 0.2) is 0 Å². The molecule has 108 valence electrons. The molecular weight excluding hydrogens is 271 g/mol. The second-order valence-electron chi connectivity index (χ2n) is 5.68. The van der Waals surface area contributed by atoms with Gasteiger partial charge in [-0.05, 0) is 25.0 Å². The van der Waals surface area contributed by atoms with Crippen LogP contribution in [0.5, 0.6) is 0 Å². The van der Waals surface area contributed by atoms with Gasteiger partial charge in [0, 0.05) is 5.56 Å². The van der Waals surface area contributed by atoms with Gasteiger partial charge in [-0.25, -0.2) is 4.39 Å². The van der Waals surface area contributed by atoms with E-state index in [2.05, 4.69) is 0 Å². The van der Waals surface area contributed by atoms with Crippen LogP contribution in [0.15, 0.2) is 18.2 Å². The first-order valence-corrected chi connectivity index (χ1v) is 7.15. The maximum Gasteiger partial charge on any atom is 0.233 e. The average molecular weight is 286 g/mol. The van der Waals surface area contributed by atoms with Crippen LogP contribution in [-0.4, -0.2) is 16.7 Å². The van der Waals surface area contributed by atoms with Gasteiger partial charge < -0.3 is 0 Å². The second-order valence-corrected chi connectivity index (χ2v) is 5.68. The molecule has 1 aliphatic heterocycles. The van der Waals surface area contributed by atoms with Crippen molar-refractivity contribution in [3.8, 4) is 6.07 Å². The topological polar surface area (TPSA) is 61.2 Å². The van der Waals surface area contributed by atoms with E-state index in [4.69, 9.17) is 5.26 Å². The molecule has 2 aliphatic rings. The number of halogens is 1. The van der Waals surface area contributed by atoms with E-state index in [0.29, 0.717) is 0 Å². The zero-order valence-electron chi connectivity index (χ0n) is 11.5. The van der Waals surface area contributed by atoms with Gasteiger partial charge in [0.25, 0.3) is 0 Å². The molecule has 4 nitrogen and oxygen atoms in total. The Morgan fingerprint density at radius 1 is 1.19 bits per heavy atom. The first-order chi connectivity index (χ1) is 10.1. The summed E-state index contributed by atoms with van der Waals surface area (Å²) in [5.41, 5.74) is 0.498. The number of likely N-dealkylation sites (tertiary alicyclic amines) is 1. The summed E-state index contributed by atoms with van der Waals surface area (Å²) in [7, 11) is 0. The van der Waals surface area contributed by atoms with Crippen molar-refractivity contribution >= 4 is 11.8 Å². The number of nitriles is 1. The second kappa shape index (κ2) is 5.28. The van der Waals surface area contributed by atoms with Crippen LogP contribution in [0.4, 0.5) is 4.39 Å². The predicted octanol–water partition coefficient (Wildman–Crippen LogP) is 2.37. The molecule has 2 amide bonds. The van der Waals surface area contributed by atoms with Crippen molar-refractivity contribution in [3.05, 3.63) is 35.1 Å². The molecule has 5 heteroatoms. The largest absolute Gasteiger partial charge is 0.278 e. The number of amides is 2. The molecule has 0 N–H and O–H groups in total. The molecule has 2 atom stereocenters. The number of fused-ring (bicyclic) bond motifs is 1. The molecule has 1 heterocycles. The van der Waals surface area contributed by atoms with E-state index in [1.165, 1.54) is 17.0 Å². The van der Waals surface area contributed by atoms with E-state index in [0.717, 1.165) is 31.7 Å². The first-order valence-electron chi connectivity index (χ1n) is 7.15. The van der Waals surface area contributed by atoms with Crippen LogP contribution >= 0.6 is 0 Å². The Balaban J connectivity index is 1.83. The molecule has 1 aliphatic carbocycles. The number of rotatable bonds is 2. The fourth-order valence-corrected chi connectivity index (χ4v) is 3.30. The number of benzene rings is 1. The minimum Gasteiger partial charge on any atom is -0.278 e. The number of carbonyl (C=O) groups is 2. The van der Waals surface area contributed by atoms with Gasteiger partial charge in [0.05, 0.1) is 30.0 Å². The Morgan fingerprint density at radius 2 is 1.81 bits per heavy atom. The lowest BCUT2D eigenvalue weighted by Gasteiger charge is -2.19. The molecule has 1 saturated carbocycles. The molecule has 0 spiro atoms. The van der Waals surface area contributed by atoms with Gasteiger partial charge in [-0.1, -0.05) is 18.9 Å². The number of hydrogen-bond acceptors (Lipinski definition) is 3. The van der Waals surface area contributed by atoms with Crippen LogP contribution in [0.3, 0.4) is 0 Å². The highest BCUT2D eigenvalue weighted by Crippen LogP contribution is 2.38. The Kier molecular flexibility index (Phi) is 3.46. The maximum absolute atomic E-state index is 13.9. The lowest BCUT2D eigenvalue weighted by Crippen LogP contribution is -2.30. The molecule has 1 aromatic rings. The molecule has 0 aromatic heterocycles. The smallest absolute Gasteiger partial charge is 0.233 e. The Morgan fingerprint density at radius 3 is 2.33 bits per heavy atom. The van der Waals surface area contributed by atoms with Crippen molar-refractivity contribution < 1.29 is 14.0 Å². The van der Waals surface area contributed by atoms with Crippen molar-refractivity contribution in [3.63, 3.8) is 0 Å². The van der Waals surface area contributed by atoms with E-state index in [9.17, 15) is 14.0 Å². The van der Waals surface area contributed by atoms with Crippen LogP contribution in [0.1, 0.15) is 36.8 Å². The third-order valence-corrected chi connectivity index (χ3v) is 4.44. The summed E-state index contributed by atoms with van der Waals surface area (Å²) in [4.78, 5) is 25.8. The molecule has 1 saturated heterocycles. The lowest BCUT2D eigenvalue weighted by atomic mass is 9.81. The van der Waals surface area contributed by atoms with E-state index in [1.54, 1.807) is 0 Å². The lowest BCUT2D eigenvalue weighted by molar-refractivity contribution is -0.140. The Labute approximate surface area is 122 Å². The highest BCUT2D eigenvalue weighted by atomic mass is 19.1. The van der Waals surface area contributed by atoms with Gasteiger partial charge in [0.2, 0.25) is 11.8 Å². The van der Waals surface area contributed by atoms with Gasteiger partial charge in [-0.2, -0.15) is 5.26 Å². The molecule has 21 heavy (non-hydrogen) atoms. The zero-order valence-corrected chi connectivity index (χ0v) is 11.5. The molecule has 0 bridgehead atoms. The Hall–Kier alpha value is -2.22. The SMILES string of the molecule is N#Cc1ccc(CN2C(=O)C3CCCCC3C2=O)c(F)c1. The third kappa shape index (κ3) is 2.31. The molecular formula is C16H15FN2O2. The molecule has 1 aromatic carbocycles. The number of nitrogens with zero attached hydrogens (tertiary/aromatic N) is 2. The molecule has 2 unspecified atom stereocenters. The number of carbonyl (C=O) groups excluding carboxylic acids is 2. The summed E-state index contributed by atoms with van der Waals surface area (Å²) in [5, 5.41) is 8.73. The standard InChI is InChI=1S/C16H15FN2O2/c17-14-7-10(8-18)5-6-11(14)9-19-15(20)12-3-1-2-4-13(12)16(19)21/h5-7,12-13H,1-4,9H2. The van der Waals surface area contributed by atoms with E-state index >= 15 is 0 Å². The van der Waals surface area contributed by atoms with Crippen LogP contribution < -0.4 is 0 Å². The quantitative estimate of drug-likeness (QED) is 0.784. The van der Waals surface area contributed by atoms with Crippen molar-refractivity contribution in [1.82, 2.24) is 4.90 Å². The average Bonchev–Trinajstić information content (AvgIpc) is 2.74. The zero-order chi connectivity index (χ0) is 15.0. The summed E-state index contributed by atoms with van der Waals surface area (Å²) in [6.07, 6.45) is 3.45. The van der Waals surface area contributed by atoms with E-state index < -0.39 is 5.82 Å². The molecule has 0 radical (unpaired) electrons. The van der Waals surface area contributed by atoms with E-state index in [1.807, 2.05) is 6.07 Å². The Bertz CT molecular complexity index is 626. The van der Waals surface area contributed by atoms with Crippen molar-refractivity contribution in [2.45, 2.75) is 32.2 Å². The van der Waals surface area contributed by atoms with Crippen molar-refractivity contribution in [2.75, 3.05) is 0 Å². The van der Waals surface area contributed by atoms with Crippen LogP contribution in [-0.2, 0) is 16.1 Å². The van der Waals surface area contributed by atoms with Crippen LogP contribution in [0.25, 0.3) is 0 Å². The van der Waals surface area contributed by atoms with Crippen LogP contribution in [0, 0.1) is 29.0 Å².